The van der Waals surface area contributed by atoms with Gasteiger partial charge in [0.2, 0.25) is 17.7 Å². The maximum Gasteiger partial charge on any atom is 0.407 e. The number of likely N-dealkylation sites (tertiary alicyclic amines) is 1. The number of carbonyl (C=O) groups excluding carboxylic acids is 4. The van der Waals surface area contributed by atoms with Crippen molar-refractivity contribution in [2.24, 2.45) is 17.8 Å². The highest BCUT2D eigenvalue weighted by Crippen LogP contribution is 2.41. The number of fused-ring (bicyclic) bond motifs is 6. The van der Waals surface area contributed by atoms with Gasteiger partial charge in [0.25, 0.3) is 0 Å². The molecule has 1 fully saturated rings. The van der Waals surface area contributed by atoms with Gasteiger partial charge >= 0.3 is 6.09 Å². The zero-order valence-electron chi connectivity index (χ0n) is 39.6. The summed E-state index contributed by atoms with van der Waals surface area (Å²) in [5.41, 5.74) is 6.43. The van der Waals surface area contributed by atoms with Gasteiger partial charge in [-0.3, -0.25) is 14.4 Å². The van der Waals surface area contributed by atoms with Gasteiger partial charge in [0.05, 0.1) is 54.5 Å². The van der Waals surface area contributed by atoms with E-state index in [1.807, 2.05) is 63.2 Å². The lowest BCUT2D eigenvalue weighted by Crippen LogP contribution is -2.51. The number of hydrogen-bond donors (Lipinski definition) is 4. The number of aromatic amines is 2. The Balaban J connectivity index is 1.08. The van der Waals surface area contributed by atoms with Crippen LogP contribution in [0.1, 0.15) is 50.1 Å². The van der Waals surface area contributed by atoms with Crippen molar-refractivity contribution in [3.8, 4) is 23.5 Å². The van der Waals surface area contributed by atoms with Crippen molar-refractivity contribution >= 4 is 67.4 Å². The largest absolute Gasteiger partial charge is 0.501 e. The van der Waals surface area contributed by atoms with Crippen molar-refractivity contribution in [1.29, 1.82) is 0 Å². The minimum atomic E-state index is -0.969. The third kappa shape index (κ3) is 9.61. The molecule has 15 heteroatoms. The van der Waals surface area contributed by atoms with Gasteiger partial charge in [0, 0.05) is 36.9 Å². The second-order valence-electron chi connectivity index (χ2n) is 17.8. The van der Waals surface area contributed by atoms with Crippen LogP contribution in [0, 0.1) is 30.1 Å². The lowest BCUT2D eigenvalue weighted by Gasteiger charge is -2.30. The molecule has 4 N–H and O–H groups in total. The second kappa shape index (κ2) is 20.1. The number of methoxy groups -OCH3 is 3. The van der Waals surface area contributed by atoms with Gasteiger partial charge < -0.3 is 44.6 Å². The van der Waals surface area contributed by atoms with Crippen LogP contribution in [0.2, 0.25) is 0 Å². The van der Waals surface area contributed by atoms with Gasteiger partial charge in [-0.05, 0) is 63.2 Å². The van der Waals surface area contributed by atoms with Gasteiger partial charge in [-0.15, -0.1) is 6.42 Å². The molecule has 4 amide bonds. The molecular weight excluding hydrogens is 873 g/mol. The van der Waals surface area contributed by atoms with E-state index < -0.39 is 36.0 Å². The van der Waals surface area contributed by atoms with Crippen LogP contribution >= 0.6 is 0 Å². The third-order valence-corrected chi connectivity index (χ3v) is 12.9. The van der Waals surface area contributed by atoms with Gasteiger partial charge in [0.15, 0.2) is 0 Å². The highest BCUT2D eigenvalue weighted by Gasteiger charge is 2.43. The monoisotopic (exact) mass is 928 g/mol. The van der Waals surface area contributed by atoms with E-state index in [2.05, 4.69) is 76.1 Å². The number of terminal acetylenes is 1. The van der Waals surface area contributed by atoms with Crippen LogP contribution in [-0.4, -0.2) is 101 Å². The van der Waals surface area contributed by atoms with Crippen LogP contribution in [0.25, 0.3) is 54.7 Å². The summed E-state index contributed by atoms with van der Waals surface area (Å²) in [7, 11) is 4.24. The predicted octanol–water partition coefficient (Wildman–Crippen LogP) is 8.11. The fourth-order valence-electron chi connectivity index (χ4n) is 9.12. The molecule has 3 heterocycles. The number of H-pyrrole nitrogens is 2. The topological polar surface area (TPSA) is 184 Å². The molecule has 1 aliphatic heterocycles. The Morgan fingerprint density at radius 1 is 0.855 bits per heavy atom. The highest BCUT2D eigenvalue weighted by molar-refractivity contribution is 6.07. The fraction of sp³-hybridized carbons (Fsp3) is 0.296. The molecule has 1 aliphatic rings. The Labute approximate surface area is 400 Å². The molecule has 0 unspecified atom stereocenters. The van der Waals surface area contributed by atoms with Crippen LogP contribution in [-0.2, 0) is 35.1 Å². The molecule has 2 aromatic heterocycles. The summed E-state index contributed by atoms with van der Waals surface area (Å²) in [5, 5.41) is 9.36. The summed E-state index contributed by atoms with van der Waals surface area (Å²) in [6.45, 7) is 14.4. The molecule has 0 bridgehead atoms. The molecule has 0 saturated carbocycles. The molecular formula is C54H56N8O7. The van der Waals surface area contributed by atoms with E-state index in [1.54, 1.807) is 29.0 Å². The summed E-state index contributed by atoms with van der Waals surface area (Å²) in [6, 6.07) is 27.2. The first-order valence-corrected chi connectivity index (χ1v) is 22.7. The summed E-state index contributed by atoms with van der Waals surface area (Å²) >= 11 is 0. The third-order valence-electron chi connectivity index (χ3n) is 12.9. The van der Waals surface area contributed by atoms with Crippen LogP contribution < -0.4 is 10.6 Å². The molecule has 0 aliphatic carbocycles. The Morgan fingerprint density at radius 3 is 2.09 bits per heavy atom. The van der Waals surface area contributed by atoms with E-state index in [4.69, 9.17) is 30.6 Å². The molecule has 69 heavy (non-hydrogen) atoms. The number of carbonyl (C=O) groups is 4. The average Bonchev–Trinajstić information content (AvgIpc) is 4.08. The highest BCUT2D eigenvalue weighted by atomic mass is 16.5. The molecule has 7 aromatic rings. The zero-order chi connectivity index (χ0) is 49.1. The van der Waals surface area contributed by atoms with Crippen LogP contribution in [0.5, 0.6) is 0 Å². The lowest BCUT2D eigenvalue weighted by atomic mass is 9.98. The van der Waals surface area contributed by atoms with E-state index in [1.165, 1.54) is 14.2 Å². The molecule has 0 radical (unpaired) electrons. The molecule has 5 atom stereocenters. The number of nitrogens with zero attached hydrogens (tertiary/aromatic N) is 4. The lowest BCUT2D eigenvalue weighted by molar-refractivity contribution is -0.138. The van der Waals surface area contributed by atoms with E-state index in [0.717, 1.165) is 54.7 Å². The van der Waals surface area contributed by atoms with E-state index in [-0.39, 0.29) is 49.9 Å². The quantitative estimate of drug-likeness (QED) is 0.0423. The fourth-order valence-corrected chi connectivity index (χ4v) is 9.12. The Morgan fingerprint density at radius 2 is 1.49 bits per heavy atom. The Bertz CT molecular complexity index is 3170. The minimum absolute atomic E-state index is 0.129. The number of benzene rings is 5. The smallest absolute Gasteiger partial charge is 0.407 e. The number of imidazole rings is 2. The summed E-state index contributed by atoms with van der Waals surface area (Å²) < 4.78 is 15.3. The maximum atomic E-state index is 14.5. The van der Waals surface area contributed by atoms with Gasteiger partial charge in [0.1, 0.15) is 36.4 Å². The predicted molar refractivity (Wildman–Crippen MR) is 266 cm³/mol. The molecule has 1 saturated heterocycles. The number of hydrogen-bond acceptors (Lipinski definition) is 9. The normalized spacial score (nSPS) is 16.1. The number of alkyl carbamates (subject to hydrolysis) is 1. The van der Waals surface area contributed by atoms with Crippen molar-refractivity contribution < 1.29 is 33.4 Å². The van der Waals surface area contributed by atoms with Crippen molar-refractivity contribution in [1.82, 2.24) is 40.4 Å². The minimum Gasteiger partial charge on any atom is -0.501 e. The number of amides is 4. The van der Waals surface area contributed by atoms with E-state index in [0.29, 0.717) is 28.5 Å². The van der Waals surface area contributed by atoms with Crippen molar-refractivity contribution in [3.63, 3.8) is 0 Å². The second-order valence-corrected chi connectivity index (χ2v) is 17.8. The first-order chi connectivity index (χ1) is 33.2. The Kier molecular flexibility index (Phi) is 13.8. The number of ether oxygens (including phenoxy) is 3. The van der Waals surface area contributed by atoms with Crippen LogP contribution in [0.3, 0.4) is 0 Å². The van der Waals surface area contributed by atoms with Gasteiger partial charge in [-0.2, -0.15) is 0 Å². The first-order valence-electron chi connectivity index (χ1n) is 22.7. The number of rotatable bonds is 16. The van der Waals surface area contributed by atoms with E-state index in [9.17, 15) is 19.2 Å². The molecule has 15 nitrogen and oxygen atoms in total. The van der Waals surface area contributed by atoms with Crippen LogP contribution in [0.15, 0.2) is 115 Å². The SMILES string of the molecule is C#C[C@@H]1CN(C(=O)[C@@H](NC(=O)OC)C(C)C)[C@H](c2nc3c(ccc4cc(-c5ccc6c(ccc7[nH]c(CN(C[C@H](C)C(=C)OC)C(=O)[C@H](NC(=O)COC)c8ccccc8)nc76)c5)ccc43)[nH]2)C1=C. The Hall–Kier alpha value is -7.96. The van der Waals surface area contributed by atoms with Crippen molar-refractivity contribution in [2.45, 2.75) is 45.4 Å². The van der Waals surface area contributed by atoms with Gasteiger partial charge in [-0.1, -0.05) is 107 Å². The summed E-state index contributed by atoms with van der Waals surface area (Å²) in [6.07, 6.45) is 5.23. The molecule has 8 rings (SSSR count). The molecule has 354 valence electrons. The standard InChI is InChI=1S/C54H56N8O7/c1-10-34-27-62(53(65)46(30(2)3)60-54(66)69-9)50(32(34)5)51-56-43-23-19-39-25-37(17-21-41(39)49(43)59-51)36-16-20-40-38(24-36)18-22-42-48(40)57-44(55-42)28-61(26-31(4)33(6)68-8)52(64)47(58-45(63)29-67-7)35-14-12-11-13-15-35/h1,11-25,30-31,34,46-47,50H,5-6,26-29H2,2-4,7-9H3,(H,55,57)(H,56,59)(H,58,63)(H,60,66)/t31-,34+,46-,47+,50-/m0/s1. The summed E-state index contributed by atoms with van der Waals surface area (Å²) in [4.78, 5) is 73.9. The van der Waals surface area contributed by atoms with Crippen molar-refractivity contribution in [2.75, 3.05) is 41.0 Å². The van der Waals surface area contributed by atoms with E-state index >= 15 is 0 Å². The number of aromatic nitrogens is 4. The molecule has 0 spiro atoms. The van der Waals surface area contributed by atoms with Gasteiger partial charge in [-0.25, -0.2) is 14.8 Å². The zero-order valence-corrected chi connectivity index (χ0v) is 39.6. The maximum absolute atomic E-state index is 14.5. The first kappa shape index (κ1) is 47.5. The summed E-state index contributed by atoms with van der Waals surface area (Å²) in [5.74, 6) is 2.53. The van der Waals surface area contributed by atoms with Crippen molar-refractivity contribution in [3.05, 3.63) is 133 Å². The number of nitrogens with one attached hydrogen (secondary N) is 4. The molecule has 5 aromatic carbocycles. The average molecular weight is 929 g/mol. The van der Waals surface area contributed by atoms with Crippen LogP contribution in [0.4, 0.5) is 4.79 Å².